The average Bonchev–Trinajstić information content (AvgIpc) is 2.63. The van der Waals surface area contributed by atoms with Crippen molar-refractivity contribution in [2.24, 2.45) is 29.1 Å². The molecule has 0 aromatic carbocycles. The van der Waals surface area contributed by atoms with Crippen LogP contribution in [0.3, 0.4) is 0 Å². The second-order valence-electron chi connectivity index (χ2n) is 8.89. The van der Waals surface area contributed by atoms with Gasteiger partial charge in [0.05, 0.1) is 25.0 Å². The van der Waals surface area contributed by atoms with Crippen LogP contribution in [0, 0.1) is 29.1 Å². The van der Waals surface area contributed by atoms with Gasteiger partial charge >= 0.3 is 11.9 Å². The molecule has 2 aliphatic carbocycles. The summed E-state index contributed by atoms with van der Waals surface area (Å²) in [5.74, 6) is -0.542. The Morgan fingerprint density at radius 1 is 0.741 bits per heavy atom. The highest BCUT2D eigenvalue weighted by molar-refractivity contribution is 5.70. The van der Waals surface area contributed by atoms with E-state index in [1.165, 1.54) is 12.8 Å². The fraction of sp³-hybridized carbons (Fsp3) is 0.905. The number of hydrogen-bond donors (Lipinski definition) is 4. The van der Waals surface area contributed by atoms with Gasteiger partial charge in [-0.3, -0.25) is 9.59 Å². The monoisotopic (exact) mass is 388 g/mol. The van der Waals surface area contributed by atoms with Crippen molar-refractivity contribution in [1.29, 1.82) is 0 Å². The molecule has 0 spiro atoms. The highest BCUT2D eigenvalue weighted by Crippen LogP contribution is 2.30. The molecule has 0 heterocycles. The maximum Gasteiger partial charge on any atom is 0.306 e. The molecule has 2 rings (SSSR count). The van der Waals surface area contributed by atoms with Crippen molar-refractivity contribution in [2.75, 3.05) is 13.2 Å². The predicted octanol–water partition coefficient (Wildman–Crippen LogP) is 3.79. The van der Waals surface area contributed by atoms with Crippen molar-refractivity contribution < 1.29 is 30.0 Å². The Morgan fingerprint density at radius 3 is 1.19 bits per heavy atom. The molecule has 0 amide bonds. The van der Waals surface area contributed by atoms with Gasteiger partial charge in [0.15, 0.2) is 0 Å². The van der Waals surface area contributed by atoms with Gasteiger partial charge in [0.2, 0.25) is 0 Å². The van der Waals surface area contributed by atoms with Crippen molar-refractivity contribution in [3.63, 3.8) is 0 Å². The van der Waals surface area contributed by atoms with Crippen molar-refractivity contribution in [3.8, 4) is 0 Å². The van der Waals surface area contributed by atoms with Crippen LogP contribution in [-0.4, -0.2) is 45.6 Å². The molecule has 4 unspecified atom stereocenters. The van der Waals surface area contributed by atoms with Crippen LogP contribution in [0.4, 0.5) is 0 Å². The Balaban J connectivity index is 0.000000384. The topological polar surface area (TPSA) is 115 Å². The molecule has 0 radical (unpaired) electrons. The fourth-order valence-electron chi connectivity index (χ4n) is 3.42. The first-order chi connectivity index (χ1) is 12.6. The van der Waals surface area contributed by atoms with Crippen LogP contribution >= 0.6 is 0 Å². The van der Waals surface area contributed by atoms with E-state index >= 15 is 0 Å². The molecule has 6 nitrogen and oxygen atoms in total. The second kappa shape index (κ2) is 13.1. The zero-order chi connectivity index (χ0) is 21.0. The average molecular weight is 389 g/mol. The molecule has 0 bridgehead atoms. The number of carboxylic acid groups (broad SMARTS) is 2. The van der Waals surface area contributed by atoms with Crippen molar-refractivity contribution in [3.05, 3.63) is 0 Å². The first-order valence-corrected chi connectivity index (χ1v) is 10.2. The molecule has 0 saturated heterocycles. The molecular formula is C21H40O6. The lowest BCUT2D eigenvalue weighted by Crippen LogP contribution is -2.24. The Bertz CT molecular complexity index is 396. The van der Waals surface area contributed by atoms with Crippen LogP contribution in [0.2, 0.25) is 0 Å². The third-order valence-corrected chi connectivity index (χ3v) is 5.71. The first-order valence-electron chi connectivity index (χ1n) is 10.2. The van der Waals surface area contributed by atoms with E-state index in [4.69, 9.17) is 20.4 Å². The molecule has 2 fully saturated rings. The van der Waals surface area contributed by atoms with Crippen LogP contribution < -0.4 is 0 Å². The maximum absolute atomic E-state index is 10.6. The van der Waals surface area contributed by atoms with E-state index in [0.29, 0.717) is 11.8 Å². The standard InChI is InChI=1S/2C8H14O2.C5H12O2/c2*1-6-4-2-3-5-7(6)8(9)10;1-5(2,3-6)4-7/h2*6-7H,2-5H2,1H3,(H,9,10);6-7H,3-4H2,1-2H3. The van der Waals surface area contributed by atoms with Crippen LogP contribution in [0.1, 0.15) is 79.1 Å². The van der Waals surface area contributed by atoms with Crippen LogP contribution in [0.15, 0.2) is 0 Å². The zero-order valence-electron chi connectivity index (χ0n) is 17.5. The Morgan fingerprint density at radius 2 is 1.04 bits per heavy atom. The zero-order valence-corrected chi connectivity index (χ0v) is 17.5. The number of carboxylic acids is 2. The molecule has 2 aliphatic rings. The third-order valence-electron chi connectivity index (χ3n) is 5.71. The number of rotatable bonds is 4. The van der Waals surface area contributed by atoms with E-state index < -0.39 is 11.9 Å². The maximum atomic E-state index is 10.6. The molecule has 4 N–H and O–H groups in total. The molecule has 160 valence electrons. The lowest BCUT2D eigenvalue weighted by molar-refractivity contribution is -0.145. The third kappa shape index (κ3) is 10.7. The Labute approximate surface area is 164 Å². The van der Waals surface area contributed by atoms with Gasteiger partial charge in [0.1, 0.15) is 0 Å². The predicted molar refractivity (Wildman–Crippen MR) is 105 cm³/mol. The van der Waals surface area contributed by atoms with Gasteiger partial charge in [-0.15, -0.1) is 0 Å². The van der Waals surface area contributed by atoms with E-state index in [1.807, 2.05) is 13.8 Å². The highest BCUT2D eigenvalue weighted by atomic mass is 16.4. The van der Waals surface area contributed by atoms with Crippen LogP contribution in [0.5, 0.6) is 0 Å². The summed E-state index contributed by atoms with van der Waals surface area (Å²) < 4.78 is 0. The minimum absolute atomic E-state index is 0.0451. The van der Waals surface area contributed by atoms with Crippen molar-refractivity contribution in [2.45, 2.75) is 79.1 Å². The lowest BCUT2D eigenvalue weighted by Gasteiger charge is -2.24. The van der Waals surface area contributed by atoms with E-state index in [0.717, 1.165) is 38.5 Å². The quantitative estimate of drug-likeness (QED) is 0.582. The largest absolute Gasteiger partial charge is 0.481 e. The smallest absolute Gasteiger partial charge is 0.306 e. The van der Waals surface area contributed by atoms with Gasteiger partial charge in [-0.05, 0) is 37.5 Å². The van der Waals surface area contributed by atoms with Crippen molar-refractivity contribution >= 4 is 11.9 Å². The van der Waals surface area contributed by atoms with E-state index in [-0.39, 0.29) is 30.5 Å². The normalized spacial score (nSPS) is 28.1. The Kier molecular flexibility index (Phi) is 12.6. The summed E-state index contributed by atoms with van der Waals surface area (Å²) in [5, 5.41) is 34.3. The molecule has 0 aromatic rings. The summed E-state index contributed by atoms with van der Waals surface area (Å²) >= 11 is 0. The number of carbonyl (C=O) groups is 2. The summed E-state index contributed by atoms with van der Waals surface area (Å²) in [6.07, 6.45) is 8.58. The van der Waals surface area contributed by atoms with E-state index in [1.54, 1.807) is 13.8 Å². The van der Waals surface area contributed by atoms with E-state index in [2.05, 4.69) is 0 Å². The minimum Gasteiger partial charge on any atom is -0.481 e. The minimum atomic E-state index is -0.604. The summed E-state index contributed by atoms with van der Waals surface area (Å²) in [6.45, 7) is 7.77. The molecular weight excluding hydrogens is 348 g/mol. The van der Waals surface area contributed by atoms with Gasteiger partial charge < -0.3 is 20.4 Å². The summed E-state index contributed by atoms with van der Waals surface area (Å²) in [4.78, 5) is 21.1. The van der Waals surface area contributed by atoms with Gasteiger partial charge in [-0.2, -0.15) is 0 Å². The first kappa shape index (κ1) is 25.9. The number of aliphatic hydroxyl groups excluding tert-OH is 2. The van der Waals surface area contributed by atoms with Crippen LogP contribution in [0.25, 0.3) is 0 Å². The van der Waals surface area contributed by atoms with Crippen molar-refractivity contribution in [1.82, 2.24) is 0 Å². The van der Waals surface area contributed by atoms with E-state index in [9.17, 15) is 9.59 Å². The molecule has 0 aliphatic heterocycles. The number of hydrogen-bond acceptors (Lipinski definition) is 4. The second-order valence-corrected chi connectivity index (χ2v) is 8.89. The van der Waals surface area contributed by atoms with Gasteiger partial charge in [-0.1, -0.05) is 53.4 Å². The van der Waals surface area contributed by atoms with Gasteiger partial charge in [0.25, 0.3) is 0 Å². The molecule has 27 heavy (non-hydrogen) atoms. The summed E-state index contributed by atoms with van der Waals surface area (Å²) in [7, 11) is 0. The summed E-state index contributed by atoms with van der Waals surface area (Å²) in [6, 6.07) is 0. The number of aliphatic carboxylic acids is 2. The Hall–Kier alpha value is -1.14. The van der Waals surface area contributed by atoms with Crippen LogP contribution in [-0.2, 0) is 9.59 Å². The van der Waals surface area contributed by atoms with Gasteiger partial charge in [-0.25, -0.2) is 0 Å². The SMILES string of the molecule is CC(C)(CO)CO.CC1CCCCC1C(=O)O.CC1CCCCC1C(=O)O. The molecule has 4 atom stereocenters. The molecule has 6 heteroatoms. The lowest BCUT2D eigenvalue weighted by atomic mass is 9.81. The number of aliphatic hydroxyl groups is 2. The van der Waals surface area contributed by atoms with Gasteiger partial charge in [0, 0.05) is 5.41 Å². The summed E-state index contributed by atoms with van der Waals surface area (Å²) in [5.41, 5.74) is -0.306. The molecule has 0 aromatic heterocycles. The fourth-order valence-corrected chi connectivity index (χ4v) is 3.42. The molecule has 2 saturated carbocycles. The highest BCUT2D eigenvalue weighted by Gasteiger charge is 2.27.